The average Bonchev–Trinajstić information content (AvgIpc) is 3.06. The number of hydrogen-bond acceptors (Lipinski definition) is 3. The predicted octanol–water partition coefficient (Wildman–Crippen LogP) is 3.54. The molecule has 102 valence electrons. The van der Waals surface area contributed by atoms with Crippen LogP contribution in [0.15, 0.2) is 22.6 Å². The van der Waals surface area contributed by atoms with Crippen LogP contribution in [0.1, 0.15) is 43.3 Å². The first-order valence-corrected chi connectivity index (χ1v) is 7.78. The van der Waals surface area contributed by atoms with E-state index in [4.69, 9.17) is 0 Å². The van der Waals surface area contributed by atoms with E-state index in [1.165, 1.54) is 23.5 Å². The molecule has 1 amide bonds. The number of amides is 1. The number of nitrogens with zero attached hydrogens (tertiary/aromatic N) is 1. The Labute approximate surface area is 118 Å². The van der Waals surface area contributed by atoms with Crippen molar-refractivity contribution in [2.45, 2.75) is 33.6 Å². The van der Waals surface area contributed by atoms with E-state index < -0.39 is 0 Å². The number of nitrogens with one attached hydrogen (secondary N) is 1. The summed E-state index contributed by atoms with van der Waals surface area (Å²) < 4.78 is 0. The fraction of sp³-hybridized carbons (Fsp3) is 0.600. The highest BCUT2D eigenvalue weighted by molar-refractivity contribution is 7.12. The van der Waals surface area contributed by atoms with E-state index in [9.17, 15) is 4.79 Å². The Balaban J connectivity index is 1.69. The molecule has 2 saturated carbocycles. The molecule has 1 N–H and O–H groups in total. The normalized spacial score (nSPS) is 33.8. The van der Waals surface area contributed by atoms with Gasteiger partial charge in [0.1, 0.15) is 0 Å². The summed E-state index contributed by atoms with van der Waals surface area (Å²) in [5, 5.41) is 6.31. The summed E-state index contributed by atoms with van der Waals surface area (Å²) in [6.45, 7) is 7.05. The zero-order chi connectivity index (χ0) is 13.6. The summed E-state index contributed by atoms with van der Waals surface area (Å²) in [5.41, 5.74) is 4.33. The molecule has 0 aliphatic heterocycles. The number of hydrazone groups is 1. The van der Waals surface area contributed by atoms with Crippen LogP contribution in [-0.2, 0) is 0 Å². The Kier molecular flexibility index (Phi) is 3.01. The Morgan fingerprint density at radius 3 is 2.89 bits per heavy atom. The Morgan fingerprint density at radius 2 is 2.32 bits per heavy atom. The maximum Gasteiger partial charge on any atom is 0.281 e. The largest absolute Gasteiger partial charge is 0.281 e. The molecule has 1 aromatic rings. The first-order chi connectivity index (χ1) is 9.00. The van der Waals surface area contributed by atoms with Crippen molar-refractivity contribution in [3.05, 3.63) is 22.4 Å². The lowest BCUT2D eigenvalue weighted by Crippen LogP contribution is -2.34. The fourth-order valence-corrected chi connectivity index (χ4v) is 4.21. The average molecular weight is 276 g/mol. The van der Waals surface area contributed by atoms with Gasteiger partial charge in [-0.05, 0) is 41.5 Å². The third kappa shape index (κ3) is 2.02. The minimum atomic E-state index is -0.0859. The summed E-state index contributed by atoms with van der Waals surface area (Å²) in [6.07, 6.45) is 2.29. The minimum absolute atomic E-state index is 0.0859. The number of thiophene rings is 1. The highest BCUT2D eigenvalue weighted by atomic mass is 32.1. The van der Waals surface area contributed by atoms with Gasteiger partial charge in [-0.1, -0.05) is 26.8 Å². The Bertz CT molecular complexity index is 514. The van der Waals surface area contributed by atoms with E-state index in [-0.39, 0.29) is 5.91 Å². The van der Waals surface area contributed by atoms with Crippen molar-refractivity contribution in [1.82, 2.24) is 5.43 Å². The maximum atomic E-state index is 11.9. The van der Waals surface area contributed by atoms with Crippen molar-refractivity contribution >= 4 is 23.0 Å². The predicted molar refractivity (Wildman–Crippen MR) is 78.4 cm³/mol. The molecule has 3 atom stereocenters. The second kappa shape index (κ2) is 4.44. The second-order valence-electron chi connectivity index (χ2n) is 6.37. The van der Waals surface area contributed by atoms with E-state index >= 15 is 0 Å². The van der Waals surface area contributed by atoms with Crippen LogP contribution in [0.25, 0.3) is 0 Å². The molecular weight excluding hydrogens is 256 g/mol. The molecule has 0 spiro atoms. The maximum absolute atomic E-state index is 11.9. The van der Waals surface area contributed by atoms with Crippen LogP contribution >= 0.6 is 11.3 Å². The van der Waals surface area contributed by atoms with E-state index in [1.54, 1.807) is 0 Å². The summed E-state index contributed by atoms with van der Waals surface area (Å²) in [7, 11) is 0. The molecule has 3 rings (SSSR count). The van der Waals surface area contributed by atoms with E-state index in [1.807, 2.05) is 17.5 Å². The summed E-state index contributed by atoms with van der Waals surface area (Å²) in [4.78, 5) is 12.6. The van der Waals surface area contributed by atoms with Gasteiger partial charge in [0.25, 0.3) is 5.91 Å². The van der Waals surface area contributed by atoms with Crippen LogP contribution in [0.4, 0.5) is 0 Å². The van der Waals surface area contributed by atoms with Crippen molar-refractivity contribution in [3.63, 3.8) is 0 Å². The first-order valence-electron chi connectivity index (χ1n) is 6.90. The molecule has 0 saturated heterocycles. The third-order valence-electron chi connectivity index (χ3n) is 5.30. The van der Waals surface area contributed by atoms with Gasteiger partial charge in [-0.25, -0.2) is 5.43 Å². The van der Waals surface area contributed by atoms with Crippen LogP contribution < -0.4 is 5.43 Å². The van der Waals surface area contributed by atoms with Crippen molar-refractivity contribution in [3.8, 4) is 0 Å². The molecule has 0 unspecified atom stereocenters. The molecule has 4 heteroatoms. The quantitative estimate of drug-likeness (QED) is 0.825. The molecule has 2 aliphatic rings. The number of carbonyl (C=O) groups is 1. The fourth-order valence-electron chi connectivity index (χ4n) is 3.59. The SMILES string of the molecule is C[C@H]1[C@@H]2C[C@@H](C/C2=N\NC(=O)c2cccs2)C1(C)C. The molecule has 0 aromatic carbocycles. The topological polar surface area (TPSA) is 41.5 Å². The lowest BCUT2D eigenvalue weighted by atomic mass is 9.69. The van der Waals surface area contributed by atoms with E-state index in [2.05, 4.69) is 31.3 Å². The van der Waals surface area contributed by atoms with Crippen LogP contribution in [-0.4, -0.2) is 11.6 Å². The molecule has 2 aliphatic carbocycles. The molecular formula is C15H20N2OS. The molecule has 19 heavy (non-hydrogen) atoms. The van der Waals surface area contributed by atoms with Crippen molar-refractivity contribution in [1.29, 1.82) is 0 Å². The van der Waals surface area contributed by atoms with Gasteiger partial charge in [0.15, 0.2) is 0 Å². The first kappa shape index (κ1) is 12.9. The highest BCUT2D eigenvalue weighted by Crippen LogP contribution is 2.57. The van der Waals surface area contributed by atoms with Gasteiger partial charge in [-0.2, -0.15) is 5.10 Å². The summed E-state index contributed by atoms with van der Waals surface area (Å²) in [6, 6.07) is 3.71. The standard InChI is InChI=1S/C15H20N2OS/c1-9-11-7-10(15(9,2)3)8-12(11)16-17-14(18)13-5-4-6-19-13/h4-6,9-11H,7-8H2,1-3H3,(H,17,18)/b16-12+/t9-,10-,11-/m0/s1. The van der Waals surface area contributed by atoms with Gasteiger partial charge in [-0.3, -0.25) is 4.79 Å². The van der Waals surface area contributed by atoms with Gasteiger partial charge in [0.05, 0.1) is 4.88 Å². The van der Waals surface area contributed by atoms with Crippen molar-refractivity contribution < 1.29 is 4.79 Å². The van der Waals surface area contributed by atoms with E-state index in [0.717, 1.165) is 17.2 Å². The second-order valence-corrected chi connectivity index (χ2v) is 7.32. The molecule has 2 bridgehead atoms. The molecule has 2 fully saturated rings. The Morgan fingerprint density at radius 1 is 1.53 bits per heavy atom. The van der Waals surface area contributed by atoms with Crippen LogP contribution in [0.2, 0.25) is 0 Å². The number of hydrogen-bond donors (Lipinski definition) is 1. The van der Waals surface area contributed by atoms with Crippen LogP contribution in [0.3, 0.4) is 0 Å². The monoisotopic (exact) mass is 276 g/mol. The van der Waals surface area contributed by atoms with Gasteiger partial charge >= 0.3 is 0 Å². The lowest BCUT2D eigenvalue weighted by molar-refractivity contribution is 0.0958. The van der Waals surface area contributed by atoms with E-state index in [0.29, 0.717) is 17.3 Å². The molecule has 3 nitrogen and oxygen atoms in total. The van der Waals surface area contributed by atoms with Gasteiger partial charge in [-0.15, -0.1) is 11.3 Å². The van der Waals surface area contributed by atoms with Crippen LogP contribution in [0.5, 0.6) is 0 Å². The Hall–Kier alpha value is -1.16. The highest BCUT2D eigenvalue weighted by Gasteiger charge is 2.53. The molecule has 1 aromatic heterocycles. The lowest BCUT2D eigenvalue weighted by Gasteiger charge is -2.36. The smallest absolute Gasteiger partial charge is 0.266 e. The zero-order valence-electron chi connectivity index (χ0n) is 11.6. The molecule has 0 radical (unpaired) electrons. The van der Waals surface area contributed by atoms with Crippen LogP contribution in [0, 0.1) is 23.2 Å². The molecule has 1 heterocycles. The van der Waals surface area contributed by atoms with Crippen molar-refractivity contribution in [2.75, 3.05) is 0 Å². The van der Waals surface area contributed by atoms with Gasteiger partial charge in [0.2, 0.25) is 0 Å². The van der Waals surface area contributed by atoms with Gasteiger partial charge in [0, 0.05) is 11.6 Å². The summed E-state index contributed by atoms with van der Waals surface area (Å²) in [5.74, 6) is 1.86. The zero-order valence-corrected chi connectivity index (χ0v) is 12.5. The number of fused-ring (bicyclic) bond motifs is 2. The number of rotatable bonds is 2. The summed E-state index contributed by atoms with van der Waals surface area (Å²) >= 11 is 1.45. The van der Waals surface area contributed by atoms with Crippen molar-refractivity contribution in [2.24, 2.45) is 28.3 Å². The van der Waals surface area contributed by atoms with Gasteiger partial charge < -0.3 is 0 Å². The number of carbonyl (C=O) groups excluding carboxylic acids is 1. The third-order valence-corrected chi connectivity index (χ3v) is 6.17. The minimum Gasteiger partial charge on any atom is -0.266 e.